The molecule has 4 fully saturated rings. The highest BCUT2D eigenvalue weighted by molar-refractivity contribution is 6.39. The van der Waals surface area contributed by atoms with Crippen molar-refractivity contribution in [2.45, 2.75) is 206 Å². The van der Waals surface area contributed by atoms with E-state index in [-0.39, 0.29) is 80.2 Å². The third-order valence-electron chi connectivity index (χ3n) is 16.7. The van der Waals surface area contributed by atoms with Crippen molar-refractivity contribution in [2.75, 3.05) is 67.3 Å². The van der Waals surface area contributed by atoms with Gasteiger partial charge in [-0.2, -0.15) is 0 Å². The van der Waals surface area contributed by atoms with Gasteiger partial charge < -0.3 is 53.0 Å². The number of ketones is 3. The Balaban J connectivity index is 1.43. The fourth-order valence-corrected chi connectivity index (χ4v) is 12.1. The minimum Gasteiger partial charge on any atom is -0.460 e. The first-order chi connectivity index (χ1) is 36.6. The minimum absolute atomic E-state index is 0.0831. The van der Waals surface area contributed by atoms with Gasteiger partial charge in [-0.3, -0.25) is 24.1 Å². The van der Waals surface area contributed by atoms with Crippen molar-refractivity contribution >= 4 is 29.2 Å². The third-order valence-corrected chi connectivity index (χ3v) is 16.7. The van der Waals surface area contributed by atoms with Gasteiger partial charge in [-0.15, -0.1) is 0 Å². The first-order valence-electron chi connectivity index (χ1n) is 28.6. The predicted molar refractivity (Wildman–Crippen MR) is 292 cm³/mol. The standard InChI is InChI=1S/C60H96N2O15/c1-37-17-13-14-18-38(2)51(74-28-27-70-10)33-47-22-20-43(7)60(69,77-47)57(66)58(67)62-24-16-15-19-48(62)59(68)76-52(34-49(63)39(3)30-42(6)55(65)56(72-12)54(64)41(5)29-37)40(4)31-46-21-23-50(53(32-46)71-11)73-26-25-61-35-44(8)75-45(9)36-61/h13-14,17-18,30,39-41,43-48,50-53,55-56,65,69H,15-16,19-29,31-36H2,1-12H3/b14-13+,37-17-,38-18+,42-30+/t39-,40-,41-,43-,44-,45+,46+,47+,48?,50-,51?,52+,53-,55-,56+,60-/m1/s1. The number of aliphatic hydroxyl groups excluding tert-OH is 1. The van der Waals surface area contributed by atoms with Crippen molar-refractivity contribution in [2.24, 2.45) is 29.6 Å². The Morgan fingerprint density at radius 2 is 1.51 bits per heavy atom. The summed E-state index contributed by atoms with van der Waals surface area (Å²) in [5.41, 5.74) is 2.16. The quantitative estimate of drug-likeness (QED) is 0.0818. The summed E-state index contributed by atoms with van der Waals surface area (Å²) in [5, 5.41) is 23.7. The number of Topliss-reactive ketones (excluding diaryl/α,β-unsaturated/α-hetero) is 3. The molecule has 0 aromatic carbocycles. The van der Waals surface area contributed by atoms with E-state index in [4.69, 9.17) is 37.9 Å². The van der Waals surface area contributed by atoms with Crippen molar-refractivity contribution < 1.29 is 72.1 Å². The highest BCUT2D eigenvalue weighted by atomic mass is 16.6. The first kappa shape index (κ1) is 64.3. The van der Waals surface area contributed by atoms with Gasteiger partial charge in [-0.05, 0) is 122 Å². The summed E-state index contributed by atoms with van der Waals surface area (Å²) >= 11 is 0. The van der Waals surface area contributed by atoms with E-state index in [0.29, 0.717) is 63.7 Å². The maximum Gasteiger partial charge on any atom is 0.329 e. The second-order valence-electron chi connectivity index (χ2n) is 23.2. The number of allylic oxidation sites excluding steroid dienone is 6. The van der Waals surface area contributed by atoms with Crippen LogP contribution in [0, 0.1) is 29.6 Å². The number of morpholine rings is 1. The number of esters is 1. The minimum atomic E-state index is -2.46. The molecular weight excluding hydrogens is 989 g/mol. The molecule has 3 saturated heterocycles. The van der Waals surface area contributed by atoms with Crippen molar-refractivity contribution in [3.8, 4) is 0 Å². The van der Waals surface area contributed by atoms with Crippen molar-refractivity contribution in [1.82, 2.24) is 9.80 Å². The van der Waals surface area contributed by atoms with Crippen LogP contribution in [0.15, 0.2) is 47.1 Å². The molecule has 0 aromatic rings. The number of piperidine rings is 1. The normalized spacial score (nSPS) is 38.6. The molecule has 436 valence electrons. The Morgan fingerprint density at radius 3 is 2.19 bits per heavy atom. The molecule has 17 heteroatoms. The van der Waals surface area contributed by atoms with Crippen LogP contribution < -0.4 is 0 Å². The molecule has 16 atom stereocenters. The summed E-state index contributed by atoms with van der Waals surface area (Å²) in [7, 11) is 4.67. The number of hydrogen-bond donors (Lipinski definition) is 2. The maximum atomic E-state index is 14.7. The summed E-state index contributed by atoms with van der Waals surface area (Å²) in [5.74, 6) is -8.04. The van der Waals surface area contributed by atoms with Crippen LogP contribution in [-0.2, 0) is 61.9 Å². The van der Waals surface area contributed by atoms with Gasteiger partial charge in [0.1, 0.15) is 30.1 Å². The fourth-order valence-electron chi connectivity index (χ4n) is 12.1. The second-order valence-corrected chi connectivity index (χ2v) is 23.2. The van der Waals surface area contributed by atoms with Gasteiger partial charge >= 0.3 is 5.97 Å². The molecule has 1 saturated carbocycles. The Labute approximate surface area is 459 Å². The number of fused-ring (bicyclic) bond motifs is 3. The molecule has 77 heavy (non-hydrogen) atoms. The number of nitrogens with zero attached hydrogens (tertiary/aromatic N) is 2. The molecule has 5 rings (SSSR count). The average Bonchev–Trinajstić information content (AvgIpc) is 3.39. The fraction of sp³-hybridized carbons (Fsp3) is 0.783. The van der Waals surface area contributed by atoms with E-state index in [0.717, 1.165) is 43.6 Å². The first-order valence-corrected chi connectivity index (χ1v) is 28.6. The van der Waals surface area contributed by atoms with Gasteiger partial charge in [-0.1, -0.05) is 63.6 Å². The van der Waals surface area contributed by atoms with Gasteiger partial charge in [0.05, 0.1) is 56.4 Å². The van der Waals surface area contributed by atoms with Crippen LogP contribution in [0.25, 0.3) is 0 Å². The number of ether oxygens (including phenoxy) is 8. The Hall–Kier alpha value is -3.49. The van der Waals surface area contributed by atoms with Crippen LogP contribution >= 0.6 is 0 Å². The molecule has 2 N–H and O–H groups in total. The molecule has 4 heterocycles. The zero-order valence-electron chi connectivity index (χ0n) is 48.6. The number of hydrogen-bond acceptors (Lipinski definition) is 16. The van der Waals surface area contributed by atoms with Crippen LogP contribution in [0.4, 0.5) is 0 Å². The molecule has 4 aliphatic heterocycles. The van der Waals surface area contributed by atoms with Crippen LogP contribution in [0.2, 0.25) is 0 Å². The van der Waals surface area contributed by atoms with E-state index in [1.54, 1.807) is 48.0 Å². The highest BCUT2D eigenvalue weighted by Gasteiger charge is 2.53. The lowest BCUT2D eigenvalue weighted by molar-refractivity contribution is -0.266. The number of aliphatic hydroxyl groups is 2. The van der Waals surface area contributed by atoms with Crippen molar-refractivity contribution in [1.29, 1.82) is 0 Å². The largest absolute Gasteiger partial charge is 0.460 e. The Bertz CT molecular complexity index is 2060. The number of carbonyl (C=O) groups excluding carboxylic acids is 5. The van der Waals surface area contributed by atoms with Crippen LogP contribution in [0.1, 0.15) is 139 Å². The number of methoxy groups -OCH3 is 3. The molecular formula is C60H96N2O15. The van der Waals surface area contributed by atoms with Gasteiger partial charge in [0, 0.05) is 78.1 Å². The van der Waals surface area contributed by atoms with Gasteiger partial charge in [0.25, 0.3) is 11.7 Å². The molecule has 1 aliphatic carbocycles. The summed E-state index contributed by atoms with van der Waals surface area (Å²) in [6.07, 6.45) is 10.4. The smallest absolute Gasteiger partial charge is 0.329 e. The van der Waals surface area contributed by atoms with E-state index in [2.05, 4.69) is 18.7 Å². The number of carbonyl (C=O) groups is 5. The number of rotatable bonds is 13. The molecule has 0 spiro atoms. The Morgan fingerprint density at radius 1 is 0.792 bits per heavy atom. The average molecular weight is 1090 g/mol. The molecule has 0 radical (unpaired) electrons. The monoisotopic (exact) mass is 1080 g/mol. The Kier molecular flexibility index (Phi) is 25.8. The summed E-state index contributed by atoms with van der Waals surface area (Å²) < 4.78 is 48.2. The third kappa shape index (κ3) is 18.3. The summed E-state index contributed by atoms with van der Waals surface area (Å²) in [4.78, 5) is 75.5. The maximum absolute atomic E-state index is 14.7. The zero-order valence-corrected chi connectivity index (χ0v) is 48.6. The predicted octanol–water partition coefficient (Wildman–Crippen LogP) is 7.08. The lowest BCUT2D eigenvalue weighted by atomic mass is 9.78. The topological polar surface area (TPSA) is 206 Å². The SMILES string of the molecule is COCCOC1C[C@@H]2CC[C@@H](C)[C@@](O)(O2)C(=O)C(=O)N2CCCCC2C(=O)O[C@H]([C@H](C)C[C@@H]2CC[C@@H](OCCN3C[C@@H](C)O[C@@H](C)C3)[C@H](OC)C2)CC(=O)[C@H](C)/C=C(\C)[C@@H](O)[C@@H](OC)C(=O)[C@H](C)C\C(C)=C/C=C/C=C/1C. The van der Waals surface area contributed by atoms with Crippen molar-refractivity contribution in [3.05, 3.63) is 47.1 Å². The molecule has 5 aliphatic rings. The van der Waals surface area contributed by atoms with Crippen LogP contribution in [-0.4, -0.2) is 183 Å². The van der Waals surface area contributed by atoms with Gasteiger partial charge in [0.2, 0.25) is 5.79 Å². The van der Waals surface area contributed by atoms with E-state index >= 15 is 0 Å². The summed E-state index contributed by atoms with van der Waals surface area (Å²) in [6.45, 7) is 20.6. The van der Waals surface area contributed by atoms with Crippen molar-refractivity contribution in [3.63, 3.8) is 0 Å². The molecule has 0 aromatic heterocycles. The van der Waals surface area contributed by atoms with E-state index in [9.17, 15) is 34.2 Å². The zero-order chi connectivity index (χ0) is 56.6. The lowest BCUT2D eigenvalue weighted by Crippen LogP contribution is -2.61. The molecule has 17 nitrogen and oxygen atoms in total. The highest BCUT2D eigenvalue weighted by Crippen LogP contribution is 2.38. The van der Waals surface area contributed by atoms with E-state index in [1.807, 2.05) is 45.1 Å². The van der Waals surface area contributed by atoms with Crippen LogP contribution in [0.5, 0.6) is 0 Å². The van der Waals surface area contributed by atoms with Gasteiger partial charge in [0.15, 0.2) is 5.78 Å². The molecule has 1 amide bonds. The molecule has 2 unspecified atom stereocenters. The van der Waals surface area contributed by atoms with E-state index < -0.39 is 77.8 Å². The molecule has 2 bridgehead atoms. The second kappa shape index (κ2) is 30.9. The summed E-state index contributed by atoms with van der Waals surface area (Å²) in [6, 6.07) is -1.15. The number of cyclic esters (lactones) is 1. The number of amides is 1. The van der Waals surface area contributed by atoms with Gasteiger partial charge in [-0.25, -0.2) is 4.79 Å². The van der Waals surface area contributed by atoms with Crippen LogP contribution in [0.3, 0.4) is 0 Å². The lowest BCUT2D eigenvalue weighted by Gasteiger charge is -2.43. The van der Waals surface area contributed by atoms with E-state index in [1.165, 1.54) is 12.0 Å².